The van der Waals surface area contributed by atoms with Gasteiger partial charge in [-0.2, -0.15) is 0 Å². The Morgan fingerprint density at radius 3 is 2.50 bits per heavy atom. The van der Waals surface area contributed by atoms with Gasteiger partial charge in [-0.25, -0.2) is 9.18 Å². The summed E-state index contributed by atoms with van der Waals surface area (Å²) in [6, 6.07) is 5.98. The Labute approximate surface area is 94.8 Å². The minimum atomic E-state index is -0.975. The largest absolute Gasteiger partial charge is 0.467 e. The van der Waals surface area contributed by atoms with Crippen LogP contribution < -0.4 is 0 Å². The first-order chi connectivity index (χ1) is 7.42. The second kappa shape index (κ2) is 4.61. The highest BCUT2D eigenvalue weighted by molar-refractivity contribution is 5.82. The molecule has 0 fully saturated rings. The van der Waals surface area contributed by atoms with Crippen LogP contribution in [0.15, 0.2) is 24.3 Å². The molecule has 1 aromatic carbocycles. The van der Waals surface area contributed by atoms with Gasteiger partial charge in [0.1, 0.15) is 11.4 Å². The molecule has 1 atom stereocenters. The second-order valence-electron chi connectivity index (χ2n) is 3.97. The number of carbonyl (C=O) groups is 1. The monoisotopic (exact) mass is 225 g/mol. The average Bonchev–Trinajstić information content (AvgIpc) is 2.26. The van der Waals surface area contributed by atoms with Gasteiger partial charge < -0.3 is 4.74 Å². The van der Waals surface area contributed by atoms with Crippen molar-refractivity contribution in [1.82, 2.24) is 4.90 Å². The Hall–Kier alpha value is -1.42. The summed E-state index contributed by atoms with van der Waals surface area (Å²) in [6.07, 6.45) is 0. The lowest BCUT2D eigenvalue weighted by atomic mass is 9.91. The quantitative estimate of drug-likeness (QED) is 0.734. The SMILES string of the molecule is COC(=O)C(C)(c1cccc(F)c1)N(C)C. The highest BCUT2D eigenvalue weighted by Crippen LogP contribution is 2.27. The third-order valence-electron chi connectivity index (χ3n) is 2.86. The predicted molar refractivity (Wildman–Crippen MR) is 59.5 cm³/mol. The average molecular weight is 225 g/mol. The zero-order valence-electron chi connectivity index (χ0n) is 9.95. The zero-order chi connectivity index (χ0) is 12.3. The Bertz CT molecular complexity index is 392. The molecule has 88 valence electrons. The van der Waals surface area contributed by atoms with Gasteiger partial charge >= 0.3 is 5.97 Å². The maximum absolute atomic E-state index is 13.2. The van der Waals surface area contributed by atoms with Crippen molar-refractivity contribution in [2.45, 2.75) is 12.5 Å². The van der Waals surface area contributed by atoms with Crippen LogP contribution >= 0.6 is 0 Å². The summed E-state index contributed by atoms with van der Waals surface area (Å²) in [5.41, 5.74) is -0.402. The van der Waals surface area contributed by atoms with Gasteiger partial charge in [0.25, 0.3) is 0 Å². The van der Waals surface area contributed by atoms with Crippen molar-refractivity contribution in [2.24, 2.45) is 0 Å². The molecule has 1 rings (SSSR count). The highest BCUT2D eigenvalue weighted by Gasteiger charge is 2.38. The maximum atomic E-state index is 13.2. The van der Waals surface area contributed by atoms with E-state index in [1.807, 2.05) is 0 Å². The maximum Gasteiger partial charge on any atom is 0.330 e. The molecule has 1 aromatic rings. The molecule has 0 spiro atoms. The molecular weight excluding hydrogens is 209 g/mol. The summed E-state index contributed by atoms with van der Waals surface area (Å²) in [4.78, 5) is 13.5. The number of rotatable bonds is 3. The van der Waals surface area contributed by atoms with Crippen molar-refractivity contribution in [2.75, 3.05) is 21.2 Å². The number of nitrogens with zero attached hydrogens (tertiary/aromatic N) is 1. The molecule has 0 heterocycles. The summed E-state index contributed by atoms with van der Waals surface area (Å²) in [7, 11) is 4.83. The number of hydrogen-bond donors (Lipinski definition) is 0. The molecule has 4 heteroatoms. The lowest BCUT2D eigenvalue weighted by molar-refractivity contribution is -0.153. The van der Waals surface area contributed by atoms with E-state index in [0.29, 0.717) is 5.56 Å². The molecule has 1 unspecified atom stereocenters. The third kappa shape index (κ3) is 2.07. The normalized spacial score (nSPS) is 14.6. The van der Waals surface area contributed by atoms with Crippen molar-refractivity contribution < 1.29 is 13.9 Å². The summed E-state index contributed by atoms with van der Waals surface area (Å²) >= 11 is 0. The lowest BCUT2D eigenvalue weighted by Gasteiger charge is -2.33. The third-order valence-corrected chi connectivity index (χ3v) is 2.86. The fourth-order valence-corrected chi connectivity index (χ4v) is 1.55. The molecule has 0 amide bonds. The molecule has 0 aliphatic carbocycles. The predicted octanol–water partition coefficient (Wildman–Crippen LogP) is 1.78. The van der Waals surface area contributed by atoms with Gasteiger partial charge in [-0.1, -0.05) is 12.1 Å². The lowest BCUT2D eigenvalue weighted by Crippen LogP contribution is -2.46. The number of likely N-dealkylation sites (N-methyl/N-ethyl adjacent to an activating group) is 1. The Morgan fingerprint density at radius 2 is 2.06 bits per heavy atom. The van der Waals surface area contributed by atoms with Gasteiger partial charge in [0, 0.05) is 0 Å². The number of ether oxygens (including phenoxy) is 1. The van der Waals surface area contributed by atoms with Crippen molar-refractivity contribution in [3.63, 3.8) is 0 Å². The summed E-state index contributed by atoms with van der Waals surface area (Å²) in [5, 5.41) is 0. The molecule has 0 N–H and O–H groups in total. The summed E-state index contributed by atoms with van der Waals surface area (Å²) in [6.45, 7) is 1.70. The van der Waals surface area contributed by atoms with Crippen LogP contribution in [-0.4, -0.2) is 32.1 Å². The van der Waals surface area contributed by atoms with Crippen LogP contribution in [0.4, 0.5) is 4.39 Å². The molecule has 0 aliphatic rings. The van der Waals surface area contributed by atoms with Crippen LogP contribution in [0.2, 0.25) is 0 Å². The van der Waals surface area contributed by atoms with Gasteiger partial charge in [0.05, 0.1) is 7.11 Å². The minimum Gasteiger partial charge on any atom is -0.467 e. The van der Waals surface area contributed by atoms with Crippen LogP contribution in [-0.2, 0) is 15.1 Å². The first kappa shape index (κ1) is 12.6. The molecule has 0 bridgehead atoms. The molecule has 0 saturated carbocycles. The molecule has 0 aromatic heterocycles. The van der Waals surface area contributed by atoms with Gasteiger partial charge in [-0.3, -0.25) is 4.90 Å². The molecule has 16 heavy (non-hydrogen) atoms. The number of benzene rings is 1. The van der Waals surface area contributed by atoms with E-state index in [0.717, 1.165) is 0 Å². The summed E-state index contributed by atoms with van der Waals surface area (Å²) < 4.78 is 17.9. The Kier molecular flexibility index (Phi) is 3.65. The van der Waals surface area contributed by atoms with E-state index >= 15 is 0 Å². The van der Waals surface area contributed by atoms with Crippen LogP contribution in [0, 0.1) is 5.82 Å². The van der Waals surface area contributed by atoms with Crippen LogP contribution in [0.1, 0.15) is 12.5 Å². The first-order valence-corrected chi connectivity index (χ1v) is 4.94. The van der Waals surface area contributed by atoms with E-state index in [-0.39, 0.29) is 5.82 Å². The molecule has 0 aliphatic heterocycles. The molecule has 0 saturated heterocycles. The smallest absolute Gasteiger partial charge is 0.330 e. The molecular formula is C12H16FNO2. The van der Waals surface area contributed by atoms with Crippen molar-refractivity contribution >= 4 is 5.97 Å². The fraction of sp³-hybridized carbons (Fsp3) is 0.417. The standard InChI is InChI=1S/C12H16FNO2/c1-12(14(2)3,11(15)16-4)9-6-5-7-10(13)8-9/h5-8H,1-4H3. The van der Waals surface area contributed by atoms with Gasteiger partial charge in [-0.15, -0.1) is 0 Å². The number of esters is 1. The van der Waals surface area contributed by atoms with E-state index in [9.17, 15) is 9.18 Å². The molecule has 3 nitrogen and oxygen atoms in total. The van der Waals surface area contributed by atoms with Gasteiger partial charge in [0.15, 0.2) is 0 Å². The number of halogens is 1. The van der Waals surface area contributed by atoms with E-state index in [1.165, 1.54) is 19.2 Å². The second-order valence-corrected chi connectivity index (χ2v) is 3.97. The Balaban J connectivity index is 3.27. The number of hydrogen-bond acceptors (Lipinski definition) is 3. The fourth-order valence-electron chi connectivity index (χ4n) is 1.55. The first-order valence-electron chi connectivity index (χ1n) is 4.94. The van der Waals surface area contributed by atoms with E-state index in [2.05, 4.69) is 0 Å². The van der Waals surface area contributed by atoms with Crippen LogP contribution in [0.25, 0.3) is 0 Å². The highest BCUT2D eigenvalue weighted by atomic mass is 19.1. The van der Waals surface area contributed by atoms with Gasteiger partial charge in [0.2, 0.25) is 0 Å². The minimum absolute atomic E-state index is 0.366. The topological polar surface area (TPSA) is 29.5 Å². The van der Waals surface area contributed by atoms with Gasteiger partial charge in [-0.05, 0) is 38.7 Å². The molecule has 0 radical (unpaired) electrons. The van der Waals surface area contributed by atoms with Crippen molar-refractivity contribution in [3.05, 3.63) is 35.6 Å². The Morgan fingerprint density at radius 1 is 1.44 bits per heavy atom. The number of carbonyl (C=O) groups excluding carboxylic acids is 1. The van der Waals surface area contributed by atoms with E-state index in [4.69, 9.17) is 4.74 Å². The van der Waals surface area contributed by atoms with Crippen molar-refractivity contribution in [3.8, 4) is 0 Å². The van der Waals surface area contributed by atoms with Crippen LogP contribution in [0.3, 0.4) is 0 Å². The van der Waals surface area contributed by atoms with Crippen molar-refractivity contribution in [1.29, 1.82) is 0 Å². The van der Waals surface area contributed by atoms with Crippen LogP contribution in [0.5, 0.6) is 0 Å². The zero-order valence-corrected chi connectivity index (χ0v) is 9.95. The van der Waals surface area contributed by atoms with E-state index in [1.54, 1.807) is 38.1 Å². The number of methoxy groups -OCH3 is 1. The summed E-state index contributed by atoms with van der Waals surface area (Å²) in [5.74, 6) is -0.780. The van der Waals surface area contributed by atoms with E-state index < -0.39 is 11.5 Å².